The van der Waals surface area contributed by atoms with E-state index in [2.05, 4.69) is 79.2 Å². The molecule has 0 saturated carbocycles. The van der Waals surface area contributed by atoms with Gasteiger partial charge in [-0.2, -0.15) is 5.10 Å². The van der Waals surface area contributed by atoms with Crippen molar-refractivity contribution in [3.63, 3.8) is 0 Å². The summed E-state index contributed by atoms with van der Waals surface area (Å²) in [6.45, 7) is 4.87. The van der Waals surface area contributed by atoms with Crippen LogP contribution in [-0.2, 0) is 6.54 Å². The Balaban J connectivity index is 1.39. The summed E-state index contributed by atoms with van der Waals surface area (Å²) in [4.78, 5) is 24.3. The Morgan fingerprint density at radius 2 is 1.80 bits per heavy atom. The SMILES string of the molecule is CN(C)Cc1cncc(-c2cc3c(-c4cc5c(N6CCN(C)CC6)nccc5[nH]4)n[nH]c3cn2)c1. The minimum atomic E-state index is 0.832. The third kappa shape index (κ3) is 4.13. The molecule has 0 aliphatic carbocycles. The van der Waals surface area contributed by atoms with Crippen molar-refractivity contribution in [2.45, 2.75) is 6.54 Å². The minimum absolute atomic E-state index is 0.832. The van der Waals surface area contributed by atoms with E-state index in [0.717, 1.165) is 88.6 Å². The van der Waals surface area contributed by atoms with Gasteiger partial charge in [-0.05, 0) is 51.0 Å². The van der Waals surface area contributed by atoms with Crippen LogP contribution in [0.1, 0.15) is 5.56 Å². The quantitative estimate of drug-likeness (QED) is 0.409. The highest BCUT2D eigenvalue weighted by molar-refractivity contribution is 5.99. The molecule has 1 saturated heterocycles. The summed E-state index contributed by atoms with van der Waals surface area (Å²) in [5.41, 5.74) is 6.84. The fourth-order valence-corrected chi connectivity index (χ4v) is 4.80. The van der Waals surface area contributed by atoms with Crippen LogP contribution in [0.2, 0.25) is 0 Å². The van der Waals surface area contributed by atoms with Crippen molar-refractivity contribution >= 4 is 27.6 Å². The number of pyridine rings is 3. The molecule has 2 N–H and O–H groups in total. The molecule has 5 aromatic rings. The topological polar surface area (TPSA) is 92.9 Å². The molecule has 6 rings (SSSR count). The van der Waals surface area contributed by atoms with Crippen molar-refractivity contribution < 1.29 is 0 Å². The van der Waals surface area contributed by atoms with Gasteiger partial charge < -0.3 is 19.7 Å². The van der Waals surface area contributed by atoms with E-state index in [1.54, 1.807) is 0 Å². The second kappa shape index (κ2) is 8.75. The molecule has 0 radical (unpaired) electrons. The lowest BCUT2D eigenvalue weighted by atomic mass is 10.1. The van der Waals surface area contributed by atoms with Crippen LogP contribution in [0, 0.1) is 0 Å². The van der Waals surface area contributed by atoms with Gasteiger partial charge in [-0.3, -0.25) is 15.1 Å². The lowest BCUT2D eigenvalue weighted by molar-refractivity contribution is 0.312. The molecular weight excluding hydrogens is 438 g/mol. The zero-order chi connectivity index (χ0) is 23.9. The highest BCUT2D eigenvalue weighted by Gasteiger charge is 2.20. The summed E-state index contributed by atoms with van der Waals surface area (Å²) >= 11 is 0. The van der Waals surface area contributed by atoms with Crippen molar-refractivity contribution in [3.05, 3.63) is 54.6 Å². The van der Waals surface area contributed by atoms with Crippen molar-refractivity contribution in [1.82, 2.24) is 39.9 Å². The molecule has 1 aliphatic heterocycles. The predicted molar refractivity (Wildman–Crippen MR) is 139 cm³/mol. The van der Waals surface area contributed by atoms with Gasteiger partial charge in [0.25, 0.3) is 0 Å². The number of rotatable bonds is 5. The third-order valence-corrected chi connectivity index (χ3v) is 6.62. The van der Waals surface area contributed by atoms with E-state index in [1.807, 2.05) is 30.9 Å². The van der Waals surface area contributed by atoms with E-state index in [0.29, 0.717) is 0 Å². The number of H-pyrrole nitrogens is 2. The van der Waals surface area contributed by atoms with Crippen LogP contribution in [-0.4, -0.2) is 87.3 Å². The summed E-state index contributed by atoms with van der Waals surface area (Å²) in [6.07, 6.45) is 7.50. The summed E-state index contributed by atoms with van der Waals surface area (Å²) in [6, 6.07) is 8.45. The monoisotopic (exact) mass is 467 g/mol. The molecule has 1 fully saturated rings. The van der Waals surface area contributed by atoms with E-state index < -0.39 is 0 Å². The normalized spacial score (nSPS) is 15.0. The van der Waals surface area contributed by atoms with Crippen LogP contribution in [0.15, 0.2) is 49.1 Å². The van der Waals surface area contributed by atoms with Gasteiger partial charge in [-0.15, -0.1) is 0 Å². The zero-order valence-electron chi connectivity index (χ0n) is 20.3. The first-order chi connectivity index (χ1) is 17.0. The molecule has 0 amide bonds. The van der Waals surface area contributed by atoms with Gasteiger partial charge in [-0.25, -0.2) is 4.98 Å². The Labute approximate surface area is 203 Å². The maximum atomic E-state index is 4.73. The van der Waals surface area contributed by atoms with E-state index in [9.17, 15) is 0 Å². The second-order valence-corrected chi connectivity index (χ2v) is 9.58. The number of aromatic nitrogens is 6. The Kier molecular flexibility index (Phi) is 5.43. The number of fused-ring (bicyclic) bond motifs is 2. The van der Waals surface area contributed by atoms with E-state index in [-0.39, 0.29) is 0 Å². The molecule has 0 unspecified atom stereocenters. The Morgan fingerprint density at radius 1 is 0.943 bits per heavy atom. The highest BCUT2D eigenvalue weighted by Crippen LogP contribution is 2.33. The Hall–Kier alpha value is -3.82. The van der Waals surface area contributed by atoms with E-state index >= 15 is 0 Å². The summed E-state index contributed by atoms with van der Waals surface area (Å²) in [5.74, 6) is 1.03. The first-order valence-corrected chi connectivity index (χ1v) is 11.9. The smallest absolute Gasteiger partial charge is 0.138 e. The zero-order valence-corrected chi connectivity index (χ0v) is 20.3. The van der Waals surface area contributed by atoms with Gasteiger partial charge in [0.05, 0.1) is 28.6 Å². The molecule has 0 spiro atoms. The van der Waals surface area contributed by atoms with Crippen LogP contribution in [0.3, 0.4) is 0 Å². The molecule has 9 heteroatoms. The number of hydrogen-bond acceptors (Lipinski definition) is 7. The van der Waals surface area contributed by atoms with Gasteiger partial charge in [-0.1, -0.05) is 0 Å². The average molecular weight is 468 g/mol. The van der Waals surface area contributed by atoms with Crippen LogP contribution >= 0.6 is 0 Å². The lowest BCUT2D eigenvalue weighted by Gasteiger charge is -2.33. The Bertz CT molecular complexity index is 1490. The third-order valence-electron chi connectivity index (χ3n) is 6.62. The van der Waals surface area contributed by atoms with E-state index in [4.69, 9.17) is 4.98 Å². The fourth-order valence-electron chi connectivity index (χ4n) is 4.80. The van der Waals surface area contributed by atoms with Crippen LogP contribution in [0.4, 0.5) is 5.82 Å². The first kappa shape index (κ1) is 21.7. The number of hydrogen-bond donors (Lipinski definition) is 2. The molecule has 1 aliphatic rings. The number of piperazine rings is 1. The number of nitrogens with one attached hydrogen (secondary N) is 2. The highest BCUT2D eigenvalue weighted by atomic mass is 15.3. The Morgan fingerprint density at radius 3 is 2.63 bits per heavy atom. The van der Waals surface area contributed by atoms with Crippen molar-refractivity contribution in [2.75, 3.05) is 52.2 Å². The van der Waals surface area contributed by atoms with Crippen LogP contribution < -0.4 is 4.90 Å². The van der Waals surface area contributed by atoms with Crippen LogP contribution in [0.5, 0.6) is 0 Å². The second-order valence-electron chi connectivity index (χ2n) is 9.58. The maximum Gasteiger partial charge on any atom is 0.138 e. The number of anilines is 1. The van der Waals surface area contributed by atoms with Crippen LogP contribution in [0.25, 0.3) is 44.5 Å². The lowest BCUT2D eigenvalue weighted by Crippen LogP contribution is -2.44. The predicted octanol–water partition coefficient (Wildman–Crippen LogP) is 3.38. The maximum absolute atomic E-state index is 4.73. The molecule has 35 heavy (non-hydrogen) atoms. The summed E-state index contributed by atoms with van der Waals surface area (Å²) in [5, 5.41) is 9.93. The number of aromatic amines is 2. The molecular formula is C26H29N9. The van der Waals surface area contributed by atoms with Gasteiger partial charge in [0, 0.05) is 67.7 Å². The molecule has 0 bridgehead atoms. The fraction of sp³-hybridized carbons (Fsp3) is 0.308. The summed E-state index contributed by atoms with van der Waals surface area (Å²) in [7, 11) is 6.28. The first-order valence-electron chi connectivity index (χ1n) is 11.9. The molecule has 9 nitrogen and oxygen atoms in total. The minimum Gasteiger partial charge on any atom is -0.353 e. The van der Waals surface area contributed by atoms with Crippen molar-refractivity contribution in [2.24, 2.45) is 0 Å². The number of nitrogens with zero attached hydrogens (tertiary/aromatic N) is 7. The van der Waals surface area contributed by atoms with E-state index in [1.165, 1.54) is 0 Å². The van der Waals surface area contributed by atoms with Crippen molar-refractivity contribution in [3.8, 4) is 22.6 Å². The standard InChI is InChI=1S/C26H29N9/c1-33(2)16-17-10-18(14-27-13-17)22-11-19-24(15-29-22)31-32-25(19)23-12-20-21(30-23)4-5-28-26(20)35-8-6-34(3)7-9-35/h4-5,10-15,30H,6-9,16H2,1-3H3,(H,31,32). The van der Waals surface area contributed by atoms with Gasteiger partial charge >= 0.3 is 0 Å². The molecule has 6 heterocycles. The molecule has 0 aromatic carbocycles. The summed E-state index contributed by atoms with van der Waals surface area (Å²) < 4.78 is 0. The van der Waals surface area contributed by atoms with Gasteiger partial charge in [0.2, 0.25) is 0 Å². The number of likely N-dealkylation sites (N-methyl/N-ethyl adjacent to an activating group) is 1. The van der Waals surface area contributed by atoms with Gasteiger partial charge in [0.1, 0.15) is 11.5 Å². The molecule has 5 aromatic heterocycles. The molecule has 0 atom stereocenters. The van der Waals surface area contributed by atoms with Crippen molar-refractivity contribution in [1.29, 1.82) is 0 Å². The average Bonchev–Trinajstić information content (AvgIpc) is 3.48. The molecule has 178 valence electrons. The van der Waals surface area contributed by atoms with Gasteiger partial charge in [0.15, 0.2) is 0 Å². The largest absolute Gasteiger partial charge is 0.353 e.